The summed E-state index contributed by atoms with van der Waals surface area (Å²) < 4.78 is 22.8. The van der Waals surface area contributed by atoms with E-state index in [1.54, 1.807) is 24.3 Å². The van der Waals surface area contributed by atoms with Gasteiger partial charge in [-0.15, -0.1) is 0 Å². The van der Waals surface area contributed by atoms with Crippen LogP contribution in [0.4, 0.5) is 10.5 Å². The van der Waals surface area contributed by atoms with Gasteiger partial charge >= 0.3 is 6.09 Å². The number of fused-ring (bicyclic) bond motifs is 1. The van der Waals surface area contributed by atoms with E-state index in [0.29, 0.717) is 11.4 Å². The maximum Gasteiger partial charge on any atom is 0.412 e. The Labute approximate surface area is 195 Å². The molecule has 10 heteroatoms. The van der Waals surface area contributed by atoms with E-state index in [1.165, 1.54) is 18.6 Å². The van der Waals surface area contributed by atoms with E-state index >= 15 is 0 Å². The quantitative estimate of drug-likeness (QED) is 0.574. The number of carbonyl (C=O) groups is 2. The van der Waals surface area contributed by atoms with Crippen molar-refractivity contribution in [3.63, 3.8) is 0 Å². The molecule has 2 aliphatic rings. The van der Waals surface area contributed by atoms with E-state index in [2.05, 4.69) is 20.6 Å². The predicted molar refractivity (Wildman–Crippen MR) is 120 cm³/mol. The first-order chi connectivity index (χ1) is 16.7. The fourth-order valence-electron chi connectivity index (χ4n) is 3.86. The van der Waals surface area contributed by atoms with Gasteiger partial charge < -0.3 is 24.3 Å². The molecule has 0 radical (unpaired) electrons. The summed E-state index contributed by atoms with van der Waals surface area (Å²) in [6.45, 7) is 0.413. The minimum atomic E-state index is -0.623. The molecule has 3 aromatic rings. The highest BCUT2D eigenvalue weighted by Gasteiger charge is 2.50. The second kappa shape index (κ2) is 9.86. The SMILES string of the molecule is O=C(Nc1ccc(Oc2ccccc2)cc1)OC1COC2C(NC(=O)c3cnccn3)COC12. The lowest BCUT2D eigenvalue weighted by Gasteiger charge is -2.18. The maximum atomic E-state index is 12.4. The van der Waals surface area contributed by atoms with Crippen molar-refractivity contribution < 1.29 is 28.5 Å². The number of hydrogen-bond acceptors (Lipinski definition) is 8. The van der Waals surface area contributed by atoms with Gasteiger partial charge in [-0.1, -0.05) is 18.2 Å². The third-order valence-corrected chi connectivity index (χ3v) is 5.46. The van der Waals surface area contributed by atoms with Crippen molar-refractivity contribution in [3.05, 3.63) is 78.9 Å². The molecule has 4 atom stereocenters. The Hall–Kier alpha value is -4.02. The summed E-state index contributed by atoms with van der Waals surface area (Å²) in [5.41, 5.74) is 0.763. The van der Waals surface area contributed by atoms with Crippen LogP contribution in [0.2, 0.25) is 0 Å². The number of anilines is 1. The number of carbonyl (C=O) groups excluding carboxylic acids is 2. The van der Waals surface area contributed by atoms with Gasteiger partial charge in [0, 0.05) is 18.1 Å². The minimum Gasteiger partial charge on any atom is -0.457 e. The first-order valence-electron chi connectivity index (χ1n) is 10.8. The summed E-state index contributed by atoms with van der Waals surface area (Å²) in [5.74, 6) is 1.000. The number of amides is 2. The van der Waals surface area contributed by atoms with Gasteiger partial charge in [0.2, 0.25) is 0 Å². The van der Waals surface area contributed by atoms with E-state index in [1.807, 2.05) is 30.3 Å². The highest BCUT2D eigenvalue weighted by atomic mass is 16.6. The molecular weight excluding hydrogens is 440 g/mol. The molecule has 34 heavy (non-hydrogen) atoms. The molecule has 2 fully saturated rings. The molecule has 3 heterocycles. The number of nitrogens with zero attached hydrogens (tertiary/aromatic N) is 2. The number of benzene rings is 2. The zero-order valence-corrected chi connectivity index (χ0v) is 18.0. The van der Waals surface area contributed by atoms with Crippen molar-refractivity contribution in [3.8, 4) is 11.5 Å². The van der Waals surface area contributed by atoms with Gasteiger partial charge in [-0.05, 0) is 36.4 Å². The second-order valence-corrected chi connectivity index (χ2v) is 7.77. The van der Waals surface area contributed by atoms with E-state index in [4.69, 9.17) is 18.9 Å². The van der Waals surface area contributed by atoms with Crippen LogP contribution in [-0.2, 0) is 14.2 Å². The average molecular weight is 462 g/mol. The van der Waals surface area contributed by atoms with Crippen molar-refractivity contribution in [1.29, 1.82) is 0 Å². The Morgan fingerprint density at radius 2 is 1.68 bits per heavy atom. The summed E-state index contributed by atoms with van der Waals surface area (Å²) >= 11 is 0. The van der Waals surface area contributed by atoms with Gasteiger partial charge in [-0.2, -0.15) is 0 Å². The van der Waals surface area contributed by atoms with Gasteiger partial charge in [-0.3, -0.25) is 15.1 Å². The van der Waals surface area contributed by atoms with Crippen molar-refractivity contribution in [2.45, 2.75) is 24.4 Å². The standard InChI is InChI=1S/C24H22N4O6/c29-23(18-12-25-10-11-26-18)28-19-13-31-22-20(14-32-21(19)22)34-24(30)27-15-6-8-17(9-7-15)33-16-4-2-1-3-5-16/h1-12,19-22H,13-14H2,(H,27,30)(H,28,29). The van der Waals surface area contributed by atoms with Crippen LogP contribution in [0, 0.1) is 0 Å². The van der Waals surface area contributed by atoms with Gasteiger partial charge in [0.05, 0.1) is 25.5 Å². The van der Waals surface area contributed by atoms with Crippen LogP contribution in [0.25, 0.3) is 0 Å². The predicted octanol–water partition coefficient (Wildman–Crippen LogP) is 2.78. The highest BCUT2D eigenvalue weighted by molar-refractivity contribution is 5.92. The Morgan fingerprint density at radius 1 is 0.912 bits per heavy atom. The summed E-state index contributed by atoms with van der Waals surface area (Å²) in [4.78, 5) is 32.6. The molecule has 2 saturated heterocycles. The molecule has 2 aromatic carbocycles. The lowest BCUT2D eigenvalue weighted by atomic mass is 10.1. The van der Waals surface area contributed by atoms with Crippen LogP contribution < -0.4 is 15.4 Å². The zero-order valence-electron chi connectivity index (χ0n) is 18.0. The lowest BCUT2D eigenvalue weighted by Crippen LogP contribution is -2.44. The van der Waals surface area contributed by atoms with Crippen LogP contribution in [0.1, 0.15) is 10.5 Å². The summed E-state index contributed by atoms with van der Waals surface area (Å²) in [6.07, 6.45) is 2.21. The largest absolute Gasteiger partial charge is 0.457 e. The van der Waals surface area contributed by atoms with Crippen LogP contribution in [0.15, 0.2) is 73.2 Å². The molecule has 2 amide bonds. The molecule has 174 valence electrons. The minimum absolute atomic E-state index is 0.171. The van der Waals surface area contributed by atoms with Gasteiger partial charge in [0.25, 0.3) is 5.91 Å². The van der Waals surface area contributed by atoms with Crippen molar-refractivity contribution in [2.24, 2.45) is 0 Å². The molecule has 2 N–H and O–H groups in total. The number of ether oxygens (including phenoxy) is 4. The second-order valence-electron chi connectivity index (χ2n) is 7.77. The fraction of sp³-hybridized carbons (Fsp3) is 0.250. The number of para-hydroxylation sites is 1. The van der Waals surface area contributed by atoms with Crippen LogP contribution in [0.5, 0.6) is 11.5 Å². The first-order valence-corrected chi connectivity index (χ1v) is 10.8. The summed E-state index contributed by atoms with van der Waals surface area (Å²) in [7, 11) is 0. The van der Waals surface area contributed by atoms with E-state index in [-0.39, 0.29) is 30.9 Å². The Morgan fingerprint density at radius 3 is 2.44 bits per heavy atom. The molecule has 10 nitrogen and oxygen atoms in total. The first kappa shape index (κ1) is 21.8. The molecule has 5 rings (SSSR count). The zero-order chi connectivity index (χ0) is 23.3. The third-order valence-electron chi connectivity index (χ3n) is 5.46. The van der Waals surface area contributed by atoms with Gasteiger partial charge in [0.15, 0.2) is 6.10 Å². The smallest absolute Gasteiger partial charge is 0.412 e. The monoisotopic (exact) mass is 462 g/mol. The summed E-state index contributed by atoms with van der Waals surface area (Å²) in [6, 6.07) is 16.0. The fourth-order valence-corrected chi connectivity index (χ4v) is 3.86. The molecule has 1 aromatic heterocycles. The molecule has 0 saturated carbocycles. The van der Waals surface area contributed by atoms with Gasteiger partial charge in [0.1, 0.15) is 29.4 Å². The van der Waals surface area contributed by atoms with Crippen LogP contribution in [0.3, 0.4) is 0 Å². The topological polar surface area (TPSA) is 121 Å². The molecular formula is C24H22N4O6. The molecule has 0 bridgehead atoms. The number of hydrogen-bond donors (Lipinski definition) is 2. The van der Waals surface area contributed by atoms with E-state index in [0.717, 1.165) is 5.75 Å². The maximum absolute atomic E-state index is 12.4. The molecule has 2 aliphatic heterocycles. The Balaban J connectivity index is 1.12. The Bertz CT molecular complexity index is 1130. The lowest BCUT2D eigenvalue weighted by molar-refractivity contribution is 0.00861. The van der Waals surface area contributed by atoms with E-state index < -0.39 is 24.4 Å². The third kappa shape index (κ3) is 4.98. The summed E-state index contributed by atoms with van der Waals surface area (Å²) in [5, 5.41) is 5.54. The van der Waals surface area contributed by atoms with Crippen molar-refractivity contribution >= 4 is 17.7 Å². The number of aromatic nitrogens is 2. The normalized spacial score (nSPS) is 23.1. The molecule has 0 spiro atoms. The van der Waals surface area contributed by atoms with Crippen LogP contribution >= 0.6 is 0 Å². The van der Waals surface area contributed by atoms with Crippen molar-refractivity contribution in [2.75, 3.05) is 18.5 Å². The average Bonchev–Trinajstić information content (AvgIpc) is 3.45. The Kier molecular flexibility index (Phi) is 6.32. The molecule has 4 unspecified atom stereocenters. The number of nitrogens with one attached hydrogen (secondary N) is 2. The van der Waals surface area contributed by atoms with Gasteiger partial charge in [-0.25, -0.2) is 9.78 Å². The van der Waals surface area contributed by atoms with Crippen LogP contribution in [-0.4, -0.2) is 59.5 Å². The van der Waals surface area contributed by atoms with E-state index in [9.17, 15) is 9.59 Å². The van der Waals surface area contributed by atoms with Crippen molar-refractivity contribution in [1.82, 2.24) is 15.3 Å². The molecule has 0 aliphatic carbocycles. The highest BCUT2D eigenvalue weighted by Crippen LogP contribution is 2.29. The number of rotatable bonds is 6.